The number of pyridine rings is 1. The highest BCUT2D eigenvalue weighted by Crippen LogP contribution is 2.38. The van der Waals surface area contributed by atoms with Gasteiger partial charge >= 0.3 is 0 Å². The quantitative estimate of drug-likeness (QED) is 0.793. The summed E-state index contributed by atoms with van der Waals surface area (Å²) in [6.07, 6.45) is 6.04. The van der Waals surface area contributed by atoms with Gasteiger partial charge in [-0.1, -0.05) is 40.2 Å². The molecule has 0 spiro atoms. The minimum Gasteiger partial charge on any atom is -0.323 e. The lowest BCUT2D eigenvalue weighted by Gasteiger charge is -2.28. The first-order chi connectivity index (χ1) is 10.7. The zero-order valence-corrected chi connectivity index (χ0v) is 15.8. The predicted octanol–water partition coefficient (Wildman–Crippen LogP) is 5.11. The van der Waals surface area contributed by atoms with E-state index in [0.29, 0.717) is 0 Å². The van der Waals surface area contributed by atoms with Crippen molar-refractivity contribution in [1.29, 1.82) is 0 Å². The maximum absolute atomic E-state index is 4.42. The number of hydrogen-bond acceptors (Lipinski definition) is 2. The Kier molecular flexibility index (Phi) is 10.6. The van der Waals surface area contributed by atoms with Gasteiger partial charge in [-0.25, -0.2) is 4.98 Å². The van der Waals surface area contributed by atoms with E-state index in [1.165, 1.54) is 36.2 Å². The van der Waals surface area contributed by atoms with Gasteiger partial charge in [0.1, 0.15) is 5.65 Å². The van der Waals surface area contributed by atoms with Gasteiger partial charge in [-0.2, -0.15) is 0 Å². The summed E-state index contributed by atoms with van der Waals surface area (Å²) in [5.41, 5.74) is 5.26. The first kappa shape index (κ1) is 20.6. The number of aromatic nitrogens is 2. The minimum absolute atomic E-state index is 0.765. The monoisotopic (exact) mass is 305 g/mol. The van der Waals surface area contributed by atoms with Crippen molar-refractivity contribution in [3.05, 3.63) is 35.3 Å². The predicted molar refractivity (Wildman–Crippen MR) is 98.9 cm³/mol. The highest BCUT2D eigenvalue weighted by molar-refractivity contribution is 5.46. The van der Waals surface area contributed by atoms with Crippen molar-refractivity contribution in [3.63, 3.8) is 0 Å². The highest BCUT2D eigenvalue weighted by Gasteiger charge is 2.24. The number of hydrogen-bond donors (Lipinski definition) is 1. The normalized spacial score (nSPS) is 12.9. The molecule has 1 aliphatic carbocycles. The number of fused-ring (bicyclic) bond motifs is 1. The van der Waals surface area contributed by atoms with Gasteiger partial charge in [0.15, 0.2) is 0 Å². The van der Waals surface area contributed by atoms with Gasteiger partial charge in [0.2, 0.25) is 0 Å². The highest BCUT2D eigenvalue weighted by atomic mass is 15.0. The summed E-state index contributed by atoms with van der Waals surface area (Å²) >= 11 is 0. The van der Waals surface area contributed by atoms with Crippen molar-refractivity contribution in [1.82, 2.24) is 14.7 Å². The molecule has 3 heteroatoms. The third-order valence-corrected chi connectivity index (χ3v) is 3.58. The average Bonchev–Trinajstić information content (AvgIpc) is 2.87. The largest absolute Gasteiger partial charge is 0.323 e. The minimum atomic E-state index is 0.765. The van der Waals surface area contributed by atoms with Crippen LogP contribution in [0.1, 0.15) is 69.8 Å². The third-order valence-electron chi connectivity index (χ3n) is 3.58. The summed E-state index contributed by atoms with van der Waals surface area (Å²) in [7, 11) is 3.75. The maximum Gasteiger partial charge on any atom is 0.137 e. The van der Waals surface area contributed by atoms with E-state index >= 15 is 0 Å². The van der Waals surface area contributed by atoms with E-state index in [1.54, 1.807) is 0 Å². The van der Waals surface area contributed by atoms with E-state index < -0.39 is 0 Å². The fourth-order valence-corrected chi connectivity index (χ4v) is 2.53. The summed E-state index contributed by atoms with van der Waals surface area (Å²) in [4.78, 5) is 4.42. The molecule has 0 atom stereocenters. The molecular formula is C19H35N3. The molecule has 2 aromatic rings. The van der Waals surface area contributed by atoms with Crippen LogP contribution in [0.15, 0.2) is 18.3 Å². The van der Waals surface area contributed by atoms with E-state index in [0.717, 1.165) is 11.6 Å². The average molecular weight is 306 g/mol. The van der Waals surface area contributed by atoms with Gasteiger partial charge < -0.3 is 9.72 Å². The van der Waals surface area contributed by atoms with Crippen LogP contribution >= 0.6 is 0 Å². The summed E-state index contributed by atoms with van der Waals surface area (Å²) in [5.74, 6) is 0.765. The standard InChI is InChI=1S/C13H16N2.C2H7N.2C2H6/c1-9-6-7-12-14-8-10(2)15(12)13(9)11-4-3-5-11;1-3-2;2*1-2/h6-8,11H,3-5H2,1-2H3;3H,1-2H3;2*1-2H3. The molecule has 0 bridgehead atoms. The molecule has 2 heterocycles. The van der Waals surface area contributed by atoms with Gasteiger partial charge in [0.05, 0.1) is 0 Å². The van der Waals surface area contributed by atoms with Crippen LogP contribution in [-0.2, 0) is 0 Å². The Morgan fingerprint density at radius 3 is 2.05 bits per heavy atom. The molecule has 3 rings (SSSR count). The molecule has 126 valence electrons. The van der Waals surface area contributed by atoms with E-state index in [4.69, 9.17) is 0 Å². The SMILES string of the molecule is CC.CC.CNC.Cc1ccc2ncc(C)n2c1C1CCC1. The Hall–Kier alpha value is -1.35. The van der Waals surface area contributed by atoms with E-state index in [2.05, 4.69) is 40.7 Å². The second kappa shape index (κ2) is 11.2. The van der Waals surface area contributed by atoms with Gasteiger partial charge in [0.25, 0.3) is 0 Å². The second-order valence-corrected chi connectivity index (χ2v) is 5.12. The van der Waals surface area contributed by atoms with Gasteiger partial charge in [0, 0.05) is 17.6 Å². The van der Waals surface area contributed by atoms with Crippen molar-refractivity contribution >= 4 is 5.65 Å². The van der Waals surface area contributed by atoms with Crippen molar-refractivity contribution < 1.29 is 0 Å². The Balaban J connectivity index is 0.000000553. The third kappa shape index (κ3) is 4.84. The number of imidazole rings is 1. The summed E-state index contributed by atoms with van der Waals surface area (Å²) < 4.78 is 2.33. The summed E-state index contributed by atoms with van der Waals surface area (Å²) in [5, 5.41) is 2.75. The van der Waals surface area contributed by atoms with E-state index in [1.807, 2.05) is 48.0 Å². The molecule has 22 heavy (non-hydrogen) atoms. The van der Waals surface area contributed by atoms with Crippen LogP contribution in [0.25, 0.3) is 5.65 Å². The fraction of sp³-hybridized carbons (Fsp3) is 0.632. The molecule has 0 amide bonds. The molecule has 0 aliphatic heterocycles. The van der Waals surface area contributed by atoms with Crippen LogP contribution in [0, 0.1) is 13.8 Å². The molecule has 0 radical (unpaired) electrons. The molecule has 1 aliphatic rings. The summed E-state index contributed by atoms with van der Waals surface area (Å²) in [6.45, 7) is 12.4. The first-order valence-corrected chi connectivity index (χ1v) is 8.71. The van der Waals surface area contributed by atoms with Gasteiger partial charge in [-0.05, 0) is 58.3 Å². The topological polar surface area (TPSA) is 29.3 Å². The van der Waals surface area contributed by atoms with Crippen molar-refractivity contribution in [2.24, 2.45) is 0 Å². The number of rotatable bonds is 1. The smallest absolute Gasteiger partial charge is 0.137 e. The van der Waals surface area contributed by atoms with E-state index in [-0.39, 0.29) is 0 Å². The Morgan fingerprint density at radius 1 is 1.05 bits per heavy atom. The molecule has 0 saturated heterocycles. The van der Waals surface area contributed by atoms with Crippen molar-refractivity contribution in [2.75, 3.05) is 14.1 Å². The Bertz CT molecular complexity index is 525. The number of nitrogens with zero attached hydrogens (tertiary/aromatic N) is 2. The second-order valence-electron chi connectivity index (χ2n) is 5.12. The van der Waals surface area contributed by atoms with Crippen LogP contribution < -0.4 is 5.32 Å². The molecule has 1 fully saturated rings. The Morgan fingerprint density at radius 2 is 1.59 bits per heavy atom. The lowest BCUT2D eigenvalue weighted by Crippen LogP contribution is -2.15. The first-order valence-electron chi connectivity index (χ1n) is 8.71. The zero-order chi connectivity index (χ0) is 17.1. The van der Waals surface area contributed by atoms with Crippen LogP contribution in [-0.4, -0.2) is 23.5 Å². The zero-order valence-electron chi connectivity index (χ0n) is 15.8. The van der Waals surface area contributed by atoms with E-state index in [9.17, 15) is 0 Å². The molecule has 1 N–H and O–H groups in total. The van der Waals surface area contributed by atoms with Crippen LogP contribution in [0.2, 0.25) is 0 Å². The van der Waals surface area contributed by atoms with Crippen molar-refractivity contribution in [3.8, 4) is 0 Å². The Labute approximate surface area is 137 Å². The molecule has 3 nitrogen and oxygen atoms in total. The lowest BCUT2D eigenvalue weighted by molar-refractivity contribution is 0.406. The van der Waals surface area contributed by atoms with Gasteiger partial charge in [-0.15, -0.1) is 0 Å². The molecular weight excluding hydrogens is 270 g/mol. The fourth-order valence-electron chi connectivity index (χ4n) is 2.53. The van der Waals surface area contributed by atoms with Crippen LogP contribution in [0.4, 0.5) is 0 Å². The van der Waals surface area contributed by atoms with Crippen LogP contribution in [0.5, 0.6) is 0 Å². The van der Waals surface area contributed by atoms with Gasteiger partial charge in [-0.3, -0.25) is 0 Å². The molecule has 0 unspecified atom stereocenters. The number of nitrogens with one attached hydrogen (secondary N) is 1. The maximum atomic E-state index is 4.42. The lowest BCUT2D eigenvalue weighted by atomic mass is 9.81. The summed E-state index contributed by atoms with van der Waals surface area (Å²) in [6, 6.07) is 4.32. The van der Waals surface area contributed by atoms with Crippen LogP contribution in [0.3, 0.4) is 0 Å². The molecule has 0 aromatic carbocycles. The number of aryl methyl sites for hydroxylation is 2. The van der Waals surface area contributed by atoms with Crippen molar-refractivity contribution in [2.45, 2.75) is 66.7 Å². The molecule has 1 saturated carbocycles. The molecule has 2 aromatic heterocycles.